The van der Waals surface area contributed by atoms with Crippen LogP contribution in [0.3, 0.4) is 0 Å². The normalized spacial score (nSPS) is 14.2. The predicted molar refractivity (Wildman–Crippen MR) is 78.2 cm³/mol. The van der Waals surface area contributed by atoms with Crippen LogP contribution in [0, 0.1) is 11.6 Å². The van der Waals surface area contributed by atoms with E-state index in [9.17, 15) is 8.78 Å². The van der Waals surface area contributed by atoms with Crippen LogP contribution in [0.25, 0.3) is 11.1 Å². The standard InChI is InChI=1S/C17H17F2NO/c1-21-17-7-3-13(18)9-15(17)11-2-6-16(19)12(8-11)10-20-14-4-5-14/h2-3,6-9,14,20H,4-5,10H2,1H3. The zero-order chi connectivity index (χ0) is 14.8. The zero-order valence-electron chi connectivity index (χ0n) is 11.8. The topological polar surface area (TPSA) is 21.3 Å². The van der Waals surface area contributed by atoms with Crippen LogP contribution in [0.2, 0.25) is 0 Å². The number of nitrogens with one attached hydrogen (secondary N) is 1. The monoisotopic (exact) mass is 289 g/mol. The van der Waals surface area contributed by atoms with Gasteiger partial charge in [-0.05, 0) is 48.7 Å². The SMILES string of the molecule is COc1ccc(F)cc1-c1ccc(F)c(CNC2CC2)c1. The Morgan fingerprint density at radius 1 is 1.14 bits per heavy atom. The third kappa shape index (κ3) is 3.22. The molecule has 4 heteroatoms. The van der Waals surface area contributed by atoms with Crippen molar-refractivity contribution < 1.29 is 13.5 Å². The Hall–Kier alpha value is -1.94. The van der Waals surface area contributed by atoms with Gasteiger partial charge in [0.25, 0.3) is 0 Å². The molecular weight excluding hydrogens is 272 g/mol. The predicted octanol–water partition coefficient (Wildman–Crippen LogP) is 3.89. The highest BCUT2D eigenvalue weighted by Gasteiger charge is 2.20. The van der Waals surface area contributed by atoms with Gasteiger partial charge in [0.1, 0.15) is 17.4 Å². The van der Waals surface area contributed by atoms with Crippen LogP contribution in [0.15, 0.2) is 36.4 Å². The molecule has 0 bridgehead atoms. The van der Waals surface area contributed by atoms with Crippen molar-refractivity contribution in [3.8, 4) is 16.9 Å². The molecule has 110 valence electrons. The number of hydrogen-bond donors (Lipinski definition) is 1. The Labute approximate surface area is 122 Å². The first-order valence-electron chi connectivity index (χ1n) is 7.03. The molecule has 0 radical (unpaired) electrons. The van der Waals surface area contributed by atoms with E-state index in [1.165, 1.54) is 25.3 Å². The fourth-order valence-corrected chi connectivity index (χ4v) is 2.33. The summed E-state index contributed by atoms with van der Waals surface area (Å²) in [5, 5.41) is 3.29. The van der Waals surface area contributed by atoms with Crippen LogP contribution in [0.4, 0.5) is 8.78 Å². The Morgan fingerprint density at radius 2 is 1.95 bits per heavy atom. The minimum Gasteiger partial charge on any atom is -0.496 e. The summed E-state index contributed by atoms with van der Waals surface area (Å²) in [4.78, 5) is 0. The first kappa shape index (κ1) is 14.0. The maximum absolute atomic E-state index is 13.9. The number of hydrogen-bond acceptors (Lipinski definition) is 2. The maximum Gasteiger partial charge on any atom is 0.127 e. The van der Waals surface area contributed by atoms with E-state index in [1.54, 1.807) is 18.2 Å². The molecule has 0 atom stereocenters. The molecule has 0 saturated heterocycles. The summed E-state index contributed by atoms with van der Waals surface area (Å²) in [6, 6.07) is 9.66. The molecule has 2 aromatic rings. The van der Waals surface area contributed by atoms with Gasteiger partial charge in [0, 0.05) is 23.7 Å². The van der Waals surface area contributed by atoms with E-state index in [4.69, 9.17) is 4.74 Å². The second kappa shape index (κ2) is 5.82. The van der Waals surface area contributed by atoms with Crippen molar-refractivity contribution in [1.29, 1.82) is 0 Å². The summed E-state index contributed by atoms with van der Waals surface area (Å²) in [7, 11) is 1.54. The molecule has 0 aliphatic heterocycles. The lowest BCUT2D eigenvalue weighted by Gasteiger charge is -2.11. The Balaban J connectivity index is 1.94. The summed E-state index contributed by atoms with van der Waals surface area (Å²) < 4.78 is 32.6. The molecule has 1 fully saturated rings. The van der Waals surface area contributed by atoms with Gasteiger partial charge in [-0.15, -0.1) is 0 Å². The van der Waals surface area contributed by atoms with Crippen LogP contribution in [-0.4, -0.2) is 13.2 Å². The largest absolute Gasteiger partial charge is 0.496 e. The average Bonchev–Trinajstić information content (AvgIpc) is 3.30. The van der Waals surface area contributed by atoms with Gasteiger partial charge in [0.05, 0.1) is 7.11 Å². The Morgan fingerprint density at radius 3 is 2.67 bits per heavy atom. The maximum atomic E-state index is 13.9. The second-order valence-corrected chi connectivity index (χ2v) is 5.31. The molecule has 1 N–H and O–H groups in total. The molecule has 3 rings (SSSR count). The molecule has 1 saturated carbocycles. The van der Waals surface area contributed by atoms with Gasteiger partial charge in [-0.2, -0.15) is 0 Å². The molecule has 1 aliphatic rings. The third-order valence-corrected chi connectivity index (χ3v) is 3.68. The third-order valence-electron chi connectivity index (χ3n) is 3.68. The summed E-state index contributed by atoms with van der Waals surface area (Å²) >= 11 is 0. The highest BCUT2D eigenvalue weighted by molar-refractivity contribution is 5.71. The van der Waals surface area contributed by atoms with E-state index in [-0.39, 0.29) is 11.6 Å². The minimum absolute atomic E-state index is 0.248. The number of halogens is 2. The van der Waals surface area contributed by atoms with Crippen molar-refractivity contribution in [2.45, 2.75) is 25.4 Å². The van der Waals surface area contributed by atoms with Gasteiger partial charge in [0.15, 0.2) is 0 Å². The van der Waals surface area contributed by atoms with Gasteiger partial charge >= 0.3 is 0 Å². The number of methoxy groups -OCH3 is 1. The quantitative estimate of drug-likeness (QED) is 0.901. The van der Waals surface area contributed by atoms with Crippen LogP contribution in [0.1, 0.15) is 18.4 Å². The van der Waals surface area contributed by atoms with E-state index >= 15 is 0 Å². The van der Waals surface area contributed by atoms with Crippen molar-refractivity contribution in [2.24, 2.45) is 0 Å². The fraction of sp³-hybridized carbons (Fsp3) is 0.294. The van der Waals surface area contributed by atoms with E-state index < -0.39 is 0 Å². The molecule has 2 aromatic carbocycles. The van der Waals surface area contributed by atoms with Gasteiger partial charge in [-0.1, -0.05) is 6.07 Å². The summed E-state index contributed by atoms with van der Waals surface area (Å²) in [6.45, 7) is 0.488. The summed E-state index contributed by atoms with van der Waals surface area (Å²) in [5.74, 6) is -0.0147. The van der Waals surface area contributed by atoms with E-state index in [0.717, 1.165) is 18.4 Å². The van der Waals surface area contributed by atoms with Crippen molar-refractivity contribution in [2.75, 3.05) is 7.11 Å². The van der Waals surface area contributed by atoms with Gasteiger partial charge in [-0.25, -0.2) is 8.78 Å². The van der Waals surface area contributed by atoms with Crippen molar-refractivity contribution >= 4 is 0 Å². The van der Waals surface area contributed by atoms with Crippen LogP contribution >= 0.6 is 0 Å². The molecule has 0 amide bonds. The highest BCUT2D eigenvalue weighted by atomic mass is 19.1. The molecule has 1 aliphatic carbocycles. The average molecular weight is 289 g/mol. The second-order valence-electron chi connectivity index (χ2n) is 5.31. The van der Waals surface area contributed by atoms with Gasteiger partial charge in [-0.3, -0.25) is 0 Å². The lowest BCUT2D eigenvalue weighted by atomic mass is 10.0. The van der Waals surface area contributed by atoms with Crippen molar-refractivity contribution in [3.63, 3.8) is 0 Å². The van der Waals surface area contributed by atoms with Crippen molar-refractivity contribution in [3.05, 3.63) is 53.6 Å². The zero-order valence-corrected chi connectivity index (χ0v) is 11.8. The number of rotatable bonds is 5. The van der Waals surface area contributed by atoms with Crippen LogP contribution < -0.4 is 10.1 Å². The molecule has 0 aromatic heterocycles. The highest BCUT2D eigenvalue weighted by Crippen LogP contribution is 2.32. The van der Waals surface area contributed by atoms with Crippen molar-refractivity contribution in [1.82, 2.24) is 5.32 Å². The van der Waals surface area contributed by atoms with Crippen LogP contribution in [0.5, 0.6) is 5.75 Å². The summed E-state index contributed by atoms with van der Waals surface area (Å²) in [5.41, 5.74) is 1.97. The molecule has 0 unspecified atom stereocenters. The van der Waals surface area contributed by atoms with E-state index in [0.29, 0.717) is 29.5 Å². The molecule has 21 heavy (non-hydrogen) atoms. The molecular formula is C17H17F2NO. The Kier molecular flexibility index (Phi) is 3.88. The van der Waals surface area contributed by atoms with Gasteiger partial charge in [0.2, 0.25) is 0 Å². The Bertz CT molecular complexity index is 653. The first-order chi connectivity index (χ1) is 10.2. The summed E-state index contributed by atoms with van der Waals surface area (Å²) in [6.07, 6.45) is 2.30. The number of ether oxygens (including phenoxy) is 1. The van der Waals surface area contributed by atoms with Gasteiger partial charge < -0.3 is 10.1 Å². The van der Waals surface area contributed by atoms with Crippen LogP contribution in [-0.2, 0) is 6.54 Å². The number of benzene rings is 2. The fourth-order valence-electron chi connectivity index (χ4n) is 2.33. The van der Waals surface area contributed by atoms with E-state index in [2.05, 4.69) is 5.32 Å². The van der Waals surface area contributed by atoms with E-state index in [1.807, 2.05) is 0 Å². The lowest BCUT2D eigenvalue weighted by molar-refractivity contribution is 0.415. The molecule has 0 spiro atoms. The minimum atomic E-state index is -0.340. The lowest BCUT2D eigenvalue weighted by Crippen LogP contribution is -2.16. The first-order valence-corrected chi connectivity index (χ1v) is 7.03. The smallest absolute Gasteiger partial charge is 0.127 e. The molecule has 2 nitrogen and oxygen atoms in total. The molecule has 0 heterocycles.